The normalized spacial score (nSPS) is 11.2. The molecule has 0 heterocycles. The number of hydrogen-bond donors (Lipinski definition) is 0. The summed E-state index contributed by atoms with van der Waals surface area (Å²) < 4.78 is 33.3. The van der Waals surface area contributed by atoms with Gasteiger partial charge in [0.25, 0.3) is 0 Å². The minimum Gasteiger partial charge on any atom is -0.494 e. The van der Waals surface area contributed by atoms with Crippen molar-refractivity contribution in [3.8, 4) is 34.1 Å². The number of hydrogen-bond acceptors (Lipinski definition) is 12. The maximum absolute atomic E-state index is 13.4. The van der Waals surface area contributed by atoms with E-state index in [1.807, 2.05) is 48.5 Å². The van der Waals surface area contributed by atoms with Gasteiger partial charge in [-0.3, -0.25) is 0 Å². The summed E-state index contributed by atoms with van der Waals surface area (Å²) in [5.74, 6) is -0.427. The molecule has 6 rings (SSSR count). The van der Waals surface area contributed by atoms with Crippen LogP contribution in [0.4, 0.5) is 0 Å². The van der Waals surface area contributed by atoms with E-state index >= 15 is 0 Å². The number of benzene rings is 5. The van der Waals surface area contributed by atoms with Crippen LogP contribution in [0.25, 0.3) is 11.1 Å². The van der Waals surface area contributed by atoms with Gasteiger partial charge in [-0.15, -0.1) is 5.10 Å². The Hall–Kier alpha value is -7.60. The standard InChI is InChI=1S/C52H50N2O10/c1-3-48(55)61-33-15-7-5-13-31-59-40-25-21-37(22-26-40)51(57)63-42-29-30-47(39(35-42)36-53-54-50-45-19-11-9-17-43(45)44-18-10-12-20-46(44)50)64-52(58)38-23-27-41(28-24-38)60-32-14-6-8-16-34-62-49(56)4-2/h3-4,9-12,17-30,35-36H,1-2,5-8,13-16,31-34H2. The van der Waals surface area contributed by atoms with Gasteiger partial charge in [0, 0.05) is 28.8 Å². The quantitative estimate of drug-likeness (QED) is 0.0144. The second-order valence-corrected chi connectivity index (χ2v) is 14.6. The lowest BCUT2D eigenvalue weighted by molar-refractivity contribution is -0.138. The Balaban J connectivity index is 1.09. The van der Waals surface area contributed by atoms with Crippen LogP contribution in [0, 0.1) is 0 Å². The van der Waals surface area contributed by atoms with Crippen molar-refractivity contribution >= 4 is 35.8 Å². The first-order valence-electron chi connectivity index (χ1n) is 21.3. The number of ether oxygens (including phenoxy) is 6. The molecule has 0 bridgehead atoms. The monoisotopic (exact) mass is 862 g/mol. The average Bonchev–Trinajstić information content (AvgIpc) is 3.64. The minimum atomic E-state index is -0.609. The van der Waals surface area contributed by atoms with Gasteiger partial charge in [-0.25, -0.2) is 19.2 Å². The first kappa shape index (κ1) is 45.9. The summed E-state index contributed by atoms with van der Waals surface area (Å²) >= 11 is 0. The number of carbonyl (C=O) groups is 4. The molecule has 0 unspecified atom stereocenters. The summed E-state index contributed by atoms with van der Waals surface area (Å²) in [6.45, 7) is 8.50. The highest BCUT2D eigenvalue weighted by molar-refractivity contribution is 6.24. The third-order valence-electron chi connectivity index (χ3n) is 10.0. The van der Waals surface area contributed by atoms with Crippen LogP contribution in [0.2, 0.25) is 0 Å². The van der Waals surface area contributed by atoms with Crippen LogP contribution in [0.1, 0.15) is 88.8 Å². The van der Waals surface area contributed by atoms with Crippen molar-refractivity contribution in [1.82, 2.24) is 0 Å². The number of unbranched alkanes of at least 4 members (excludes halogenated alkanes) is 6. The zero-order valence-electron chi connectivity index (χ0n) is 35.6. The molecule has 0 N–H and O–H groups in total. The van der Waals surface area contributed by atoms with Gasteiger partial charge < -0.3 is 28.4 Å². The Morgan fingerprint density at radius 2 is 0.922 bits per heavy atom. The van der Waals surface area contributed by atoms with E-state index < -0.39 is 23.9 Å². The lowest BCUT2D eigenvalue weighted by Crippen LogP contribution is -2.11. The summed E-state index contributed by atoms with van der Waals surface area (Å²) in [4.78, 5) is 49.0. The Labute approximate surface area is 372 Å². The Morgan fingerprint density at radius 1 is 0.484 bits per heavy atom. The van der Waals surface area contributed by atoms with Gasteiger partial charge in [0.15, 0.2) is 0 Å². The van der Waals surface area contributed by atoms with Gasteiger partial charge in [0.1, 0.15) is 28.7 Å². The molecular weight excluding hydrogens is 813 g/mol. The second kappa shape index (κ2) is 24.1. The van der Waals surface area contributed by atoms with Crippen LogP contribution in [-0.4, -0.2) is 62.2 Å². The lowest BCUT2D eigenvalue weighted by atomic mass is 10.1. The number of esters is 4. The number of fused-ring (bicyclic) bond motifs is 3. The van der Waals surface area contributed by atoms with Gasteiger partial charge >= 0.3 is 23.9 Å². The van der Waals surface area contributed by atoms with Crippen molar-refractivity contribution in [2.24, 2.45) is 10.2 Å². The number of rotatable bonds is 24. The van der Waals surface area contributed by atoms with E-state index in [0.717, 1.165) is 85.8 Å². The maximum atomic E-state index is 13.4. The van der Waals surface area contributed by atoms with Crippen LogP contribution in [-0.2, 0) is 19.1 Å². The maximum Gasteiger partial charge on any atom is 0.343 e. The fraction of sp³-hybridized carbons (Fsp3) is 0.231. The molecule has 5 aromatic rings. The van der Waals surface area contributed by atoms with Crippen molar-refractivity contribution < 1.29 is 47.6 Å². The molecule has 64 heavy (non-hydrogen) atoms. The zero-order chi connectivity index (χ0) is 44.9. The van der Waals surface area contributed by atoms with Gasteiger partial charge in [0.2, 0.25) is 0 Å². The van der Waals surface area contributed by atoms with Gasteiger partial charge in [-0.2, -0.15) is 5.10 Å². The van der Waals surface area contributed by atoms with Crippen LogP contribution < -0.4 is 18.9 Å². The minimum absolute atomic E-state index is 0.179. The molecule has 328 valence electrons. The lowest BCUT2D eigenvalue weighted by Gasteiger charge is -2.11. The molecular formula is C52H50N2O10. The predicted molar refractivity (Wildman–Crippen MR) is 245 cm³/mol. The van der Waals surface area contributed by atoms with Crippen LogP contribution in [0.5, 0.6) is 23.0 Å². The first-order chi connectivity index (χ1) is 31.3. The summed E-state index contributed by atoms with van der Waals surface area (Å²) in [5.41, 5.74) is 5.68. The summed E-state index contributed by atoms with van der Waals surface area (Å²) in [7, 11) is 0. The smallest absolute Gasteiger partial charge is 0.343 e. The second-order valence-electron chi connectivity index (χ2n) is 14.6. The van der Waals surface area contributed by atoms with Crippen molar-refractivity contribution in [3.05, 3.63) is 168 Å². The Morgan fingerprint density at radius 3 is 1.41 bits per heavy atom. The van der Waals surface area contributed by atoms with Crippen molar-refractivity contribution in [3.63, 3.8) is 0 Å². The highest BCUT2D eigenvalue weighted by atomic mass is 16.5. The molecule has 0 fully saturated rings. The molecule has 0 saturated heterocycles. The third kappa shape index (κ3) is 13.4. The van der Waals surface area contributed by atoms with E-state index in [0.29, 0.717) is 60.3 Å². The molecule has 5 aromatic carbocycles. The van der Waals surface area contributed by atoms with Crippen molar-refractivity contribution in [2.75, 3.05) is 26.4 Å². The van der Waals surface area contributed by atoms with Gasteiger partial charge in [-0.1, -0.05) is 61.7 Å². The molecule has 1 aliphatic carbocycles. The van der Waals surface area contributed by atoms with Crippen LogP contribution >= 0.6 is 0 Å². The van der Waals surface area contributed by atoms with E-state index in [1.165, 1.54) is 6.21 Å². The average molecular weight is 863 g/mol. The van der Waals surface area contributed by atoms with E-state index in [2.05, 4.69) is 23.4 Å². The molecule has 0 saturated carbocycles. The SMILES string of the molecule is C=CC(=O)OCCCCCCOc1ccc(C(=O)Oc2ccc(OC(=O)c3ccc(OCCCCCCOC(=O)C=C)cc3)c(C=NN=C3c4ccccc4-c4ccccc43)c2)cc1. The fourth-order valence-electron chi connectivity index (χ4n) is 6.69. The highest BCUT2D eigenvalue weighted by Gasteiger charge is 2.24. The molecule has 0 aromatic heterocycles. The third-order valence-corrected chi connectivity index (χ3v) is 10.0. The summed E-state index contributed by atoms with van der Waals surface area (Å²) in [5, 5.41) is 9.06. The van der Waals surface area contributed by atoms with Crippen LogP contribution in [0.15, 0.2) is 151 Å². The topological polar surface area (TPSA) is 148 Å². The molecule has 0 atom stereocenters. The molecule has 0 aliphatic heterocycles. The highest BCUT2D eigenvalue weighted by Crippen LogP contribution is 2.36. The largest absolute Gasteiger partial charge is 0.494 e. The Kier molecular flexibility index (Phi) is 17.3. The first-order valence-corrected chi connectivity index (χ1v) is 21.3. The molecule has 12 nitrogen and oxygen atoms in total. The number of carbonyl (C=O) groups excluding carboxylic acids is 4. The van der Waals surface area contributed by atoms with Crippen molar-refractivity contribution in [2.45, 2.75) is 51.4 Å². The molecule has 0 radical (unpaired) electrons. The molecule has 0 amide bonds. The van der Waals surface area contributed by atoms with E-state index in [9.17, 15) is 19.2 Å². The number of nitrogens with zero attached hydrogens (tertiary/aromatic N) is 2. The van der Waals surface area contributed by atoms with Crippen molar-refractivity contribution in [1.29, 1.82) is 0 Å². The Bertz CT molecular complexity index is 2430. The molecule has 1 aliphatic rings. The predicted octanol–water partition coefficient (Wildman–Crippen LogP) is 10.3. The zero-order valence-corrected chi connectivity index (χ0v) is 35.6. The fourth-order valence-corrected chi connectivity index (χ4v) is 6.69. The molecule has 12 heteroatoms. The summed E-state index contributed by atoms with van der Waals surface area (Å²) in [6, 6.07) is 33.9. The van der Waals surface area contributed by atoms with E-state index in [4.69, 9.17) is 28.4 Å². The molecule has 0 spiro atoms. The van der Waals surface area contributed by atoms with E-state index in [1.54, 1.807) is 66.7 Å². The van der Waals surface area contributed by atoms with E-state index in [-0.39, 0.29) is 11.5 Å². The van der Waals surface area contributed by atoms with Crippen LogP contribution in [0.3, 0.4) is 0 Å². The summed E-state index contributed by atoms with van der Waals surface area (Å²) in [6.07, 6.45) is 10.6. The van der Waals surface area contributed by atoms with Gasteiger partial charge in [-0.05, 0) is 129 Å². The van der Waals surface area contributed by atoms with Gasteiger partial charge in [0.05, 0.1) is 43.8 Å².